The molecule has 0 radical (unpaired) electrons. The van der Waals surface area contributed by atoms with E-state index in [0.29, 0.717) is 24.2 Å². The maximum absolute atomic E-state index is 12.5. The Hall–Kier alpha value is -1.72. The van der Waals surface area contributed by atoms with Crippen LogP contribution in [0, 0.1) is 0 Å². The van der Waals surface area contributed by atoms with Crippen LogP contribution in [0.25, 0.3) is 0 Å². The van der Waals surface area contributed by atoms with Crippen LogP contribution in [-0.2, 0) is 9.47 Å². The molecule has 2 heterocycles. The lowest BCUT2D eigenvalue weighted by molar-refractivity contribution is -0.279. The number of ether oxygens (including phenoxy) is 2. The van der Waals surface area contributed by atoms with Crippen molar-refractivity contribution >= 4 is 11.8 Å². The number of nitrogens with zero attached hydrogens (tertiary/aromatic N) is 1. The van der Waals surface area contributed by atoms with Gasteiger partial charge in [0, 0.05) is 0 Å². The van der Waals surface area contributed by atoms with Gasteiger partial charge >= 0.3 is 0 Å². The highest BCUT2D eigenvalue weighted by atomic mass is 16.7. The van der Waals surface area contributed by atoms with Gasteiger partial charge in [-0.3, -0.25) is 14.5 Å². The minimum absolute atomic E-state index is 0.212. The van der Waals surface area contributed by atoms with Crippen molar-refractivity contribution < 1.29 is 19.1 Å². The molecule has 5 heteroatoms. The summed E-state index contributed by atoms with van der Waals surface area (Å²) in [7, 11) is 0. The van der Waals surface area contributed by atoms with Crippen LogP contribution >= 0.6 is 0 Å². The molecule has 3 rings (SSSR count). The minimum atomic E-state index is -0.685. The van der Waals surface area contributed by atoms with Crippen molar-refractivity contribution in [1.29, 1.82) is 0 Å². The van der Waals surface area contributed by atoms with E-state index in [1.54, 1.807) is 24.3 Å². The first kappa shape index (κ1) is 14.2. The molecule has 1 aromatic carbocycles. The van der Waals surface area contributed by atoms with Gasteiger partial charge < -0.3 is 9.47 Å². The first-order valence-corrected chi connectivity index (χ1v) is 7.19. The molecule has 0 unspecified atom stereocenters. The first-order valence-electron chi connectivity index (χ1n) is 7.19. The van der Waals surface area contributed by atoms with Gasteiger partial charge in [0.1, 0.15) is 0 Å². The Balaban J connectivity index is 1.85. The maximum atomic E-state index is 12.5. The third-order valence-corrected chi connectivity index (χ3v) is 4.06. The third kappa shape index (κ3) is 2.36. The molecule has 1 fully saturated rings. The molecule has 0 saturated carbocycles. The molecule has 0 N–H and O–H groups in total. The molecule has 0 aliphatic carbocycles. The SMILES string of the molecule is C[C@@H]([C@@H]1CCOC(C)(C)O1)N1C(=O)c2ccccc2C1=O. The van der Waals surface area contributed by atoms with Crippen LogP contribution < -0.4 is 0 Å². The van der Waals surface area contributed by atoms with E-state index < -0.39 is 5.79 Å². The summed E-state index contributed by atoms with van der Waals surface area (Å²) in [5.41, 5.74) is 0.946. The number of fused-ring (bicyclic) bond motifs is 1. The second-order valence-corrected chi connectivity index (χ2v) is 5.96. The number of rotatable bonds is 2. The average molecular weight is 289 g/mol. The fourth-order valence-corrected chi connectivity index (χ4v) is 2.96. The van der Waals surface area contributed by atoms with Crippen LogP contribution in [-0.4, -0.2) is 41.3 Å². The molecular formula is C16H19NO4. The van der Waals surface area contributed by atoms with Crippen molar-refractivity contribution in [3.63, 3.8) is 0 Å². The van der Waals surface area contributed by atoms with Gasteiger partial charge in [-0.2, -0.15) is 0 Å². The van der Waals surface area contributed by atoms with Crippen molar-refractivity contribution in [3.05, 3.63) is 35.4 Å². The van der Waals surface area contributed by atoms with Crippen LogP contribution in [0.15, 0.2) is 24.3 Å². The Bertz CT molecular complexity index is 561. The number of carbonyl (C=O) groups is 2. The van der Waals surface area contributed by atoms with E-state index in [1.165, 1.54) is 4.90 Å². The highest BCUT2D eigenvalue weighted by Gasteiger charge is 2.43. The van der Waals surface area contributed by atoms with Crippen molar-refractivity contribution in [2.45, 2.75) is 45.1 Å². The summed E-state index contributed by atoms with van der Waals surface area (Å²) in [6.45, 7) is 6.10. The highest BCUT2D eigenvalue weighted by molar-refractivity contribution is 6.21. The quantitative estimate of drug-likeness (QED) is 0.783. The van der Waals surface area contributed by atoms with Crippen LogP contribution in [0.5, 0.6) is 0 Å². The molecule has 0 spiro atoms. The lowest BCUT2D eigenvalue weighted by atomic mass is 10.1. The highest BCUT2D eigenvalue weighted by Crippen LogP contribution is 2.30. The Morgan fingerprint density at radius 1 is 1.19 bits per heavy atom. The van der Waals surface area contributed by atoms with E-state index in [2.05, 4.69) is 0 Å². The number of imide groups is 1. The molecule has 5 nitrogen and oxygen atoms in total. The van der Waals surface area contributed by atoms with Gasteiger partial charge in [0.2, 0.25) is 0 Å². The molecule has 1 saturated heterocycles. The third-order valence-electron chi connectivity index (χ3n) is 4.06. The molecule has 2 aliphatic rings. The Morgan fingerprint density at radius 3 is 2.29 bits per heavy atom. The number of carbonyl (C=O) groups excluding carboxylic acids is 2. The fraction of sp³-hybridized carbons (Fsp3) is 0.500. The van der Waals surface area contributed by atoms with E-state index in [-0.39, 0.29) is 24.0 Å². The molecule has 0 bridgehead atoms. The summed E-state index contributed by atoms with van der Waals surface area (Å²) in [5, 5.41) is 0. The van der Waals surface area contributed by atoms with E-state index in [9.17, 15) is 9.59 Å². The average Bonchev–Trinajstić information content (AvgIpc) is 2.70. The molecule has 1 aromatic rings. The van der Waals surface area contributed by atoms with Gasteiger partial charge in [-0.05, 0) is 39.3 Å². The Morgan fingerprint density at radius 2 is 1.76 bits per heavy atom. The predicted molar refractivity (Wildman–Crippen MR) is 75.9 cm³/mol. The largest absolute Gasteiger partial charge is 0.350 e. The van der Waals surface area contributed by atoms with Crippen molar-refractivity contribution in [3.8, 4) is 0 Å². The predicted octanol–water partition coefficient (Wildman–Crippen LogP) is 2.21. The van der Waals surface area contributed by atoms with Gasteiger partial charge in [-0.15, -0.1) is 0 Å². The number of amides is 2. The van der Waals surface area contributed by atoms with Crippen molar-refractivity contribution in [2.24, 2.45) is 0 Å². The maximum Gasteiger partial charge on any atom is 0.261 e. The molecule has 0 aromatic heterocycles. The molecule has 2 amide bonds. The van der Waals surface area contributed by atoms with Crippen LogP contribution in [0.2, 0.25) is 0 Å². The van der Waals surface area contributed by atoms with Gasteiger partial charge in [-0.1, -0.05) is 12.1 Å². The summed E-state index contributed by atoms with van der Waals surface area (Å²) in [4.78, 5) is 26.3. The monoisotopic (exact) mass is 289 g/mol. The fourth-order valence-electron chi connectivity index (χ4n) is 2.96. The molecule has 21 heavy (non-hydrogen) atoms. The van der Waals surface area contributed by atoms with Gasteiger partial charge in [0.15, 0.2) is 5.79 Å². The number of hydrogen-bond acceptors (Lipinski definition) is 4. The lowest BCUT2D eigenvalue weighted by Gasteiger charge is -2.40. The first-order chi connectivity index (χ1) is 9.91. The zero-order chi connectivity index (χ0) is 15.2. The Kier molecular flexibility index (Phi) is 3.34. The molecule has 112 valence electrons. The van der Waals surface area contributed by atoms with Crippen LogP contribution in [0.3, 0.4) is 0 Å². The topological polar surface area (TPSA) is 55.8 Å². The van der Waals surface area contributed by atoms with Crippen LogP contribution in [0.4, 0.5) is 0 Å². The van der Waals surface area contributed by atoms with Gasteiger partial charge in [-0.25, -0.2) is 0 Å². The number of benzene rings is 1. The van der Waals surface area contributed by atoms with E-state index in [4.69, 9.17) is 9.47 Å². The molecule has 2 atom stereocenters. The zero-order valence-electron chi connectivity index (χ0n) is 12.5. The summed E-state index contributed by atoms with van der Waals surface area (Å²) >= 11 is 0. The smallest absolute Gasteiger partial charge is 0.261 e. The molecule has 2 aliphatic heterocycles. The normalized spacial score (nSPS) is 25.9. The van der Waals surface area contributed by atoms with E-state index in [1.807, 2.05) is 20.8 Å². The second-order valence-electron chi connectivity index (χ2n) is 5.96. The lowest BCUT2D eigenvalue weighted by Crippen LogP contribution is -2.51. The van der Waals surface area contributed by atoms with Crippen molar-refractivity contribution in [1.82, 2.24) is 4.90 Å². The summed E-state index contributed by atoms with van der Waals surface area (Å²) in [6.07, 6.45) is 0.453. The summed E-state index contributed by atoms with van der Waals surface area (Å²) < 4.78 is 11.4. The minimum Gasteiger partial charge on any atom is -0.350 e. The van der Waals surface area contributed by atoms with Crippen molar-refractivity contribution in [2.75, 3.05) is 6.61 Å². The van der Waals surface area contributed by atoms with E-state index >= 15 is 0 Å². The van der Waals surface area contributed by atoms with E-state index in [0.717, 1.165) is 0 Å². The Labute approximate surface area is 123 Å². The van der Waals surface area contributed by atoms with Gasteiger partial charge in [0.25, 0.3) is 11.8 Å². The molecular weight excluding hydrogens is 270 g/mol. The second kappa shape index (κ2) is 4.93. The zero-order valence-corrected chi connectivity index (χ0v) is 12.5. The van der Waals surface area contributed by atoms with Gasteiger partial charge in [0.05, 0.1) is 29.9 Å². The summed E-state index contributed by atoms with van der Waals surface area (Å²) in [6, 6.07) is 6.60. The van der Waals surface area contributed by atoms with Crippen LogP contribution in [0.1, 0.15) is 47.9 Å². The number of hydrogen-bond donors (Lipinski definition) is 0. The standard InChI is InChI=1S/C16H19NO4/c1-10(13-8-9-20-16(2,3)21-13)17-14(18)11-6-4-5-7-12(11)15(17)19/h4-7,10,13H,8-9H2,1-3H3/t10-,13-/m0/s1. The summed E-state index contributed by atoms with van der Waals surface area (Å²) in [5.74, 6) is -1.16.